The topological polar surface area (TPSA) is 67.8 Å². The van der Waals surface area contributed by atoms with Crippen molar-refractivity contribution in [2.24, 2.45) is 5.92 Å². The maximum absolute atomic E-state index is 13.1. The van der Waals surface area contributed by atoms with Crippen LogP contribution in [0.5, 0.6) is 11.5 Å². The summed E-state index contributed by atoms with van der Waals surface area (Å²) >= 11 is 0. The van der Waals surface area contributed by atoms with Gasteiger partial charge in [0.25, 0.3) is 0 Å². The van der Waals surface area contributed by atoms with Crippen molar-refractivity contribution in [3.8, 4) is 11.5 Å². The SMILES string of the molecule is COc1cccc2c1OC[C@@H](C(=O)N1CCCN(c3ncccn3)CC1)C2. The second kappa shape index (κ2) is 7.82. The van der Waals surface area contributed by atoms with Crippen molar-refractivity contribution in [2.45, 2.75) is 12.8 Å². The minimum atomic E-state index is -0.149. The van der Waals surface area contributed by atoms with Gasteiger partial charge in [-0.05, 0) is 30.5 Å². The van der Waals surface area contributed by atoms with Crippen LogP contribution in [0.15, 0.2) is 36.7 Å². The van der Waals surface area contributed by atoms with Gasteiger partial charge in [-0.25, -0.2) is 9.97 Å². The van der Waals surface area contributed by atoms with Crippen molar-refractivity contribution in [3.05, 3.63) is 42.2 Å². The summed E-state index contributed by atoms with van der Waals surface area (Å²) in [6.07, 6.45) is 5.10. The molecule has 3 heterocycles. The van der Waals surface area contributed by atoms with Crippen molar-refractivity contribution < 1.29 is 14.3 Å². The second-order valence-electron chi connectivity index (χ2n) is 6.88. The molecule has 0 aliphatic carbocycles. The van der Waals surface area contributed by atoms with Gasteiger partial charge in [-0.1, -0.05) is 12.1 Å². The smallest absolute Gasteiger partial charge is 0.229 e. The Balaban J connectivity index is 1.41. The first-order valence-corrected chi connectivity index (χ1v) is 9.35. The quantitative estimate of drug-likeness (QED) is 0.823. The summed E-state index contributed by atoms with van der Waals surface area (Å²) < 4.78 is 11.2. The molecule has 2 aliphatic rings. The Bertz CT molecular complexity index is 799. The Labute approximate surface area is 158 Å². The molecule has 4 rings (SSSR count). The van der Waals surface area contributed by atoms with E-state index in [0.29, 0.717) is 19.6 Å². The highest BCUT2D eigenvalue weighted by Crippen LogP contribution is 2.36. The third-order valence-corrected chi connectivity index (χ3v) is 5.17. The molecule has 1 fully saturated rings. The number of carbonyl (C=O) groups excluding carboxylic acids is 1. The lowest BCUT2D eigenvalue weighted by molar-refractivity contribution is -0.136. The molecule has 0 bridgehead atoms. The van der Waals surface area contributed by atoms with Crippen LogP contribution in [0.1, 0.15) is 12.0 Å². The maximum Gasteiger partial charge on any atom is 0.229 e. The molecule has 0 spiro atoms. The van der Waals surface area contributed by atoms with E-state index in [1.165, 1.54) is 0 Å². The first kappa shape index (κ1) is 17.6. The normalized spacial score (nSPS) is 19.7. The van der Waals surface area contributed by atoms with E-state index in [2.05, 4.69) is 14.9 Å². The molecule has 142 valence electrons. The molecule has 7 nitrogen and oxygen atoms in total. The molecular formula is C20H24N4O3. The fraction of sp³-hybridized carbons (Fsp3) is 0.450. The van der Waals surface area contributed by atoms with Crippen LogP contribution >= 0.6 is 0 Å². The number of benzene rings is 1. The number of nitrogens with zero attached hydrogens (tertiary/aromatic N) is 4. The zero-order chi connectivity index (χ0) is 18.6. The molecule has 1 saturated heterocycles. The van der Waals surface area contributed by atoms with Crippen molar-refractivity contribution in [3.63, 3.8) is 0 Å². The third-order valence-electron chi connectivity index (χ3n) is 5.17. The van der Waals surface area contributed by atoms with Crippen LogP contribution in [0.3, 0.4) is 0 Å². The minimum Gasteiger partial charge on any atom is -0.493 e. The summed E-state index contributed by atoms with van der Waals surface area (Å²) in [7, 11) is 1.63. The van der Waals surface area contributed by atoms with Gasteiger partial charge in [-0.15, -0.1) is 0 Å². The number of amides is 1. The van der Waals surface area contributed by atoms with Crippen LogP contribution in [0.4, 0.5) is 5.95 Å². The molecule has 0 saturated carbocycles. The van der Waals surface area contributed by atoms with Crippen molar-refractivity contribution in [1.29, 1.82) is 0 Å². The average Bonchev–Trinajstić information content (AvgIpc) is 2.99. The second-order valence-corrected chi connectivity index (χ2v) is 6.88. The molecular weight excluding hydrogens is 344 g/mol. The zero-order valence-corrected chi connectivity index (χ0v) is 15.5. The Hall–Kier alpha value is -2.83. The van der Waals surface area contributed by atoms with Crippen LogP contribution in [0.25, 0.3) is 0 Å². The van der Waals surface area contributed by atoms with Gasteiger partial charge in [0.05, 0.1) is 13.0 Å². The van der Waals surface area contributed by atoms with E-state index >= 15 is 0 Å². The number of ether oxygens (including phenoxy) is 2. The van der Waals surface area contributed by atoms with Crippen molar-refractivity contribution in [2.75, 3.05) is 44.8 Å². The minimum absolute atomic E-state index is 0.149. The number of hydrogen-bond acceptors (Lipinski definition) is 6. The zero-order valence-electron chi connectivity index (χ0n) is 15.5. The van der Waals surface area contributed by atoms with E-state index < -0.39 is 0 Å². The van der Waals surface area contributed by atoms with Crippen molar-refractivity contribution in [1.82, 2.24) is 14.9 Å². The number of carbonyl (C=O) groups is 1. The van der Waals surface area contributed by atoms with Gasteiger partial charge in [-0.2, -0.15) is 0 Å². The Morgan fingerprint density at radius 3 is 2.81 bits per heavy atom. The van der Waals surface area contributed by atoms with E-state index in [1.54, 1.807) is 19.5 Å². The number of anilines is 1. The number of aromatic nitrogens is 2. The molecule has 2 aliphatic heterocycles. The highest BCUT2D eigenvalue weighted by Gasteiger charge is 2.31. The molecule has 1 aromatic carbocycles. The molecule has 0 radical (unpaired) electrons. The number of rotatable bonds is 3. The summed E-state index contributed by atoms with van der Waals surface area (Å²) in [4.78, 5) is 25.8. The van der Waals surface area contributed by atoms with E-state index in [9.17, 15) is 4.79 Å². The Kier molecular flexibility index (Phi) is 5.09. The summed E-state index contributed by atoms with van der Waals surface area (Å²) in [6.45, 7) is 3.43. The predicted molar refractivity (Wildman–Crippen MR) is 101 cm³/mol. The lowest BCUT2D eigenvalue weighted by Crippen LogP contribution is -2.42. The highest BCUT2D eigenvalue weighted by molar-refractivity contribution is 5.80. The summed E-state index contributed by atoms with van der Waals surface area (Å²) in [5, 5.41) is 0. The molecule has 7 heteroatoms. The third kappa shape index (κ3) is 3.67. The molecule has 0 unspecified atom stereocenters. The van der Waals surface area contributed by atoms with E-state index in [1.807, 2.05) is 29.2 Å². The molecule has 0 N–H and O–H groups in total. The fourth-order valence-corrected chi connectivity index (χ4v) is 3.76. The predicted octanol–water partition coefficient (Wildman–Crippen LogP) is 1.78. The Morgan fingerprint density at radius 2 is 2.00 bits per heavy atom. The lowest BCUT2D eigenvalue weighted by Gasteiger charge is -2.30. The molecule has 2 aromatic rings. The van der Waals surface area contributed by atoms with Crippen LogP contribution in [0, 0.1) is 5.92 Å². The van der Waals surface area contributed by atoms with Gasteiger partial charge in [0.2, 0.25) is 11.9 Å². The number of fused-ring (bicyclic) bond motifs is 1. The van der Waals surface area contributed by atoms with E-state index in [4.69, 9.17) is 9.47 Å². The summed E-state index contributed by atoms with van der Waals surface area (Å²) in [6, 6.07) is 7.65. The largest absolute Gasteiger partial charge is 0.493 e. The molecule has 1 amide bonds. The van der Waals surface area contributed by atoms with Crippen LogP contribution in [-0.2, 0) is 11.2 Å². The van der Waals surface area contributed by atoms with Crippen molar-refractivity contribution >= 4 is 11.9 Å². The maximum atomic E-state index is 13.1. The first-order valence-electron chi connectivity index (χ1n) is 9.35. The van der Waals surface area contributed by atoms with Gasteiger partial charge in [0.15, 0.2) is 11.5 Å². The van der Waals surface area contributed by atoms with Gasteiger partial charge < -0.3 is 19.3 Å². The number of para-hydroxylation sites is 1. The summed E-state index contributed by atoms with van der Waals surface area (Å²) in [5.41, 5.74) is 1.04. The molecule has 27 heavy (non-hydrogen) atoms. The average molecular weight is 368 g/mol. The fourth-order valence-electron chi connectivity index (χ4n) is 3.76. The van der Waals surface area contributed by atoms with Gasteiger partial charge in [0.1, 0.15) is 6.61 Å². The van der Waals surface area contributed by atoms with Gasteiger partial charge >= 0.3 is 0 Å². The lowest BCUT2D eigenvalue weighted by atomic mass is 9.95. The van der Waals surface area contributed by atoms with Crippen LogP contribution in [-0.4, -0.2) is 60.7 Å². The standard InChI is InChI=1S/C20H24N4O3/c1-26-17-6-2-5-15-13-16(14-27-18(15)17)19(25)23-9-4-10-24(12-11-23)20-21-7-3-8-22-20/h2-3,5-8,16H,4,9-14H2,1H3/t16-/m0/s1. The first-order chi connectivity index (χ1) is 13.3. The summed E-state index contributed by atoms with van der Waals surface area (Å²) in [5.74, 6) is 2.25. The van der Waals surface area contributed by atoms with E-state index in [0.717, 1.165) is 49.1 Å². The number of methoxy groups -OCH3 is 1. The van der Waals surface area contributed by atoms with Gasteiger partial charge in [0, 0.05) is 38.6 Å². The van der Waals surface area contributed by atoms with Gasteiger partial charge in [-0.3, -0.25) is 4.79 Å². The molecule has 1 aromatic heterocycles. The Morgan fingerprint density at radius 1 is 1.15 bits per heavy atom. The highest BCUT2D eigenvalue weighted by atomic mass is 16.5. The monoisotopic (exact) mass is 368 g/mol. The van der Waals surface area contributed by atoms with Crippen LogP contribution in [0.2, 0.25) is 0 Å². The number of hydrogen-bond donors (Lipinski definition) is 0. The van der Waals surface area contributed by atoms with Crippen LogP contribution < -0.4 is 14.4 Å². The van der Waals surface area contributed by atoms with E-state index in [-0.39, 0.29) is 11.8 Å². The molecule has 1 atom stereocenters.